The Kier molecular flexibility index (Phi) is 6.77. The number of para-hydroxylation sites is 1. The molecule has 3 atom stereocenters. The van der Waals surface area contributed by atoms with E-state index in [1.165, 1.54) is 24.9 Å². The molecule has 4 rings (SSSR count). The maximum Gasteiger partial charge on any atom is 0.459 e. The second-order valence-electron chi connectivity index (χ2n) is 8.09. The van der Waals surface area contributed by atoms with Gasteiger partial charge in [-0.05, 0) is 31.1 Å². The Balaban J connectivity index is 1.55. The summed E-state index contributed by atoms with van der Waals surface area (Å²) >= 11 is 0. The molecule has 0 spiro atoms. The third kappa shape index (κ3) is 5.28. The first-order valence-corrected chi connectivity index (χ1v) is 12.1. The van der Waals surface area contributed by atoms with Gasteiger partial charge in [-0.1, -0.05) is 18.2 Å². The molecule has 0 bridgehead atoms. The molecule has 0 saturated heterocycles. The highest BCUT2D eigenvalue weighted by Gasteiger charge is 2.51. The lowest BCUT2D eigenvalue weighted by atomic mass is 10.1. The molecule has 14 heteroatoms. The Labute approximate surface area is 199 Å². The zero-order valence-corrected chi connectivity index (χ0v) is 19.9. The van der Waals surface area contributed by atoms with Gasteiger partial charge in [0.15, 0.2) is 11.2 Å². The van der Waals surface area contributed by atoms with Crippen molar-refractivity contribution in [2.75, 3.05) is 26.1 Å². The number of ether oxygens (including phenoxy) is 1. The van der Waals surface area contributed by atoms with Gasteiger partial charge >= 0.3 is 13.7 Å². The molecule has 1 aliphatic carbocycles. The predicted molar refractivity (Wildman–Crippen MR) is 126 cm³/mol. The van der Waals surface area contributed by atoms with Crippen molar-refractivity contribution in [2.24, 2.45) is 5.41 Å². The summed E-state index contributed by atoms with van der Waals surface area (Å²) in [4.78, 5) is 34.4. The van der Waals surface area contributed by atoms with Crippen LogP contribution < -0.4 is 20.9 Å². The molecule has 0 radical (unpaired) electrons. The van der Waals surface area contributed by atoms with Crippen LogP contribution in [-0.2, 0) is 18.6 Å². The van der Waals surface area contributed by atoms with Crippen molar-refractivity contribution in [2.45, 2.75) is 19.4 Å². The third-order valence-electron chi connectivity index (χ3n) is 5.52. The number of benzene rings is 1. The lowest BCUT2D eigenvalue weighted by molar-refractivity contribution is -0.142. The van der Waals surface area contributed by atoms with Crippen molar-refractivity contribution < 1.29 is 28.3 Å². The molecule has 35 heavy (non-hydrogen) atoms. The number of carbonyl (C=O) groups excluding carboxylic acids is 1. The number of hydrogen-bond donors (Lipinski definition) is 4. The topological polar surface area (TPSA) is 184 Å². The lowest BCUT2D eigenvalue weighted by Crippen LogP contribution is -2.35. The number of carbonyl (C=O) groups is 1. The first kappa shape index (κ1) is 24.6. The van der Waals surface area contributed by atoms with Gasteiger partial charge in [-0.15, -0.1) is 0 Å². The van der Waals surface area contributed by atoms with Gasteiger partial charge < -0.3 is 20.1 Å². The molecule has 2 heterocycles. The van der Waals surface area contributed by atoms with Gasteiger partial charge in [-0.25, -0.2) is 9.55 Å². The number of aliphatic hydroxyl groups is 1. The van der Waals surface area contributed by atoms with E-state index in [2.05, 4.69) is 24.8 Å². The quantitative estimate of drug-likeness (QED) is 0.230. The number of hydrogen-bond acceptors (Lipinski definition) is 10. The molecule has 1 fully saturated rings. The van der Waals surface area contributed by atoms with Gasteiger partial charge in [0.05, 0.1) is 20.3 Å². The first-order valence-electron chi connectivity index (χ1n) is 10.6. The van der Waals surface area contributed by atoms with E-state index in [1.807, 2.05) is 0 Å². The van der Waals surface area contributed by atoms with Crippen molar-refractivity contribution in [3.63, 3.8) is 0 Å². The molecular weight excluding hydrogens is 479 g/mol. The minimum atomic E-state index is -4.07. The number of H-pyrrole nitrogens is 1. The number of imidazole rings is 1. The molecule has 0 amide bonds. The van der Waals surface area contributed by atoms with E-state index in [0.717, 1.165) is 5.57 Å². The molecule has 3 unspecified atom stereocenters. The Hall–Kier alpha value is -3.51. The Bertz CT molecular complexity index is 1370. The number of aliphatic hydroxyl groups excluding tert-OH is 1. The van der Waals surface area contributed by atoms with E-state index < -0.39 is 30.7 Å². The summed E-state index contributed by atoms with van der Waals surface area (Å²) in [5.41, 5.74) is 5.43. The highest BCUT2D eigenvalue weighted by molar-refractivity contribution is 7.52. The van der Waals surface area contributed by atoms with Crippen LogP contribution in [0.5, 0.6) is 5.75 Å². The maximum absolute atomic E-state index is 13.5. The van der Waals surface area contributed by atoms with E-state index in [4.69, 9.17) is 14.8 Å². The third-order valence-corrected chi connectivity index (χ3v) is 7.14. The van der Waals surface area contributed by atoms with Gasteiger partial charge in [0.1, 0.15) is 18.1 Å². The van der Waals surface area contributed by atoms with E-state index in [0.29, 0.717) is 6.42 Å². The van der Waals surface area contributed by atoms with Crippen LogP contribution in [0.3, 0.4) is 0 Å². The Morgan fingerprint density at radius 3 is 2.86 bits per heavy atom. The van der Waals surface area contributed by atoms with Gasteiger partial charge in [-0.3, -0.25) is 23.7 Å². The Morgan fingerprint density at radius 2 is 2.17 bits per heavy atom. The summed E-state index contributed by atoms with van der Waals surface area (Å²) in [7, 11) is -2.86. The molecule has 3 aromatic rings. The zero-order valence-electron chi connectivity index (χ0n) is 19.0. The molecule has 5 N–H and O–H groups in total. The normalized spacial score (nSPS) is 20.9. The highest BCUT2D eigenvalue weighted by Crippen LogP contribution is 2.56. The van der Waals surface area contributed by atoms with E-state index in [1.54, 1.807) is 36.5 Å². The number of anilines is 1. The van der Waals surface area contributed by atoms with Gasteiger partial charge in [0.2, 0.25) is 5.95 Å². The molecule has 1 aliphatic rings. The molecule has 1 saturated carbocycles. The largest absolute Gasteiger partial charge is 0.468 e. The van der Waals surface area contributed by atoms with Gasteiger partial charge in [0, 0.05) is 11.6 Å². The second-order valence-corrected chi connectivity index (χ2v) is 9.79. The zero-order chi connectivity index (χ0) is 25.2. The molecular formula is C21H25N6O7P. The summed E-state index contributed by atoms with van der Waals surface area (Å²) in [6, 6.07) is 7.36. The van der Waals surface area contributed by atoms with Crippen LogP contribution in [0.25, 0.3) is 17.4 Å². The maximum atomic E-state index is 13.5. The number of aromatic nitrogens is 4. The fourth-order valence-electron chi connectivity index (χ4n) is 3.44. The molecule has 1 aromatic carbocycles. The fourth-order valence-corrected chi connectivity index (χ4v) is 5.02. The number of methoxy groups -OCH3 is 1. The minimum Gasteiger partial charge on any atom is -0.468 e. The highest BCUT2D eigenvalue weighted by atomic mass is 31.2. The number of fused-ring (bicyclic) bond motifs is 1. The van der Waals surface area contributed by atoms with Crippen LogP contribution in [0.15, 0.2) is 47.0 Å². The van der Waals surface area contributed by atoms with E-state index in [9.17, 15) is 19.3 Å². The van der Waals surface area contributed by atoms with Crippen molar-refractivity contribution in [3.05, 3.63) is 52.6 Å². The minimum absolute atomic E-state index is 0.0556. The van der Waals surface area contributed by atoms with Crippen molar-refractivity contribution in [3.8, 4) is 5.75 Å². The van der Waals surface area contributed by atoms with Crippen LogP contribution >= 0.6 is 7.75 Å². The van der Waals surface area contributed by atoms with Crippen LogP contribution in [0.1, 0.15) is 13.3 Å². The van der Waals surface area contributed by atoms with Crippen LogP contribution in [0.2, 0.25) is 0 Å². The van der Waals surface area contributed by atoms with Crippen LogP contribution in [0, 0.1) is 5.41 Å². The van der Waals surface area contributed by atoms with E-state index >= 15 is 0 Å². The Morgan fingerprint density at radius 1 is 1.43 bits per heavy atom. The first-order chi connectivity index (χ1) is 16.7. The second kappa shape index (κ2) is 9.62. The fraction of sp³-hybridized carbons (Fsp3) is 0.333. The number of rotatable bonds is 10. The van der Waals surface area contributed by atoms with Gasteiger partial charge in [0.25, 0.3) is 5.56 Å². The summed E-state index contributed by atoms with van der Waals surface area (Å²) in [6.07, 6.45) is 3.48. The number of nitrogen functional groups attached to an aromatic ring is 1. The number of aromatic amines is 1. The van der Waals surface area contributed by atoms with Crippen LogP contribution in [-0.4, -0.2) is 57.0 Å². The standard InChI is InChI=1S/C21H25N6O7P/c1-13(19(30)32-2)26-35(31,34-15-6-4-3-5-7-15)33-11-21(10-28)8-14(21)9-27-12-23-16-17(27)24-20(22)25-18(16)29/h3-7,9,12-13,28H,8,10-11H2,1-2H3,(H,26,31)(H3,22,24,25,29)/b14-9+. The van der Waals surface area contributed by atoms with Gasteiger partial charge in [-0.2, -0.15) is 10.1 Å². The smallest absolute Gasteiger partial charge is 0.459 e. The molecule has 2 aromatic heterocycles. The summed E-state index contributed by atoms with van der Waals surface area (Å²) in [6.45, 7) is 0.980. The SMILES string of the molecule is COC(=O)C(C)NP(=O)(OCC1(CO)C/C1=C\n1cnc2c(=O)[nH]c(N)nc21)Oc1ccccc1. The summed E-state index contributed by atoms with van der Waals surface area (Å²) < 4.78 is 31.0. The molecule has 186 valence electrons. The summed E-state index contributed by atoms with van der Waals surface area (Å²) in [5.74, 6) is -0.438. The average molecular weight is 504 g/mol. The molecule has 0 aliphatic heterocycles. The number of nitrogens with two attached hydrogens (primary N) is 1. The van der Waals surface area contributed by atoms with Crippen molar-refractivity contribution >= 4 is 37.0 Å². The number of nitrogens with one attached hydrogen (secondary N) is 2. The average Bonchev–Trinajstić information content (AvgIpc) is 3.38. The predicted octanol–water partition coefficient (Wildman–Crippen LogP) is 1.28. The lowest BCUT2D eigenvalue weighted by Gasteiger charge is -2.24. The number of nitrogens with zero attached hydrogens (tertiary/aromatic N) is 3. The number of esters is 1. The van der Waals surface area contributed by atoms with Crippen LogP contribution in [0.4, 0.5) is 5.95 Å². The molecule has 13 nitrogen and oxygen atoms in total. The summed E-state index contributed by atoms with van der Waals surface area (Å²) in [5, 5.41) is 12.7. The van der Waals surface area contributed by atoms with Crippen molar-refractivity contribution in [1.29, 1.82) is 0 Å². The monoisotopic (exact) mass is 504 g/mol. The van der Waals surface area contributed by atoms with Crippen molar-refractivity contribution in [1.82, 2.24) is 24.6 Å². The van der Waals surface area contributed by atoms with E-state index in [-0.39, 0.29) is 36.1 Å².